The summed E-state index contributed by atoms with van der Waals surface area (Å²) >= 11 is 0. The van der Waals surface area contributed by atoms with Crippen molar-refractivity contribution in [3.8, 4) is 0 Å². The summed E-state index contributed by atoms with van der Waals surface area (Å²) in [4.78, 5) is 26.5. The van der Waals surface area contributed by atoms with Crippen molar-refractivity contribution in [2.45, 2.75) is 31.8 Å². The number of hydrogen-bond donors (Lipinski definition) is 3. The van der Waals surface area contributed by atoms with Crippen LogP contribution in [-0.4, -0.2) is 58.8 Å². The molecule has 21 heavy (non-hydrogen) atoms. The van der Waals surface area contributed by atoms with Crippen LogP contribution in [0, 0.1) is 6.92 Å². The summed E-state index contributed by atoms with van der Waals surface area (Å²) in [5, 5.41) is 9.44. The van der Waals surface area contributed by atoms with Gasteiger partial charge in [0.15, 0.2) is 5.82 Å². The highest BCUT2D eigenvalue weighted by atomic mass is 16.5. The molecule has 3 rings (SSSR count). The maximum atomic E-state index is 12.7. The van der Waals surface area contributed by atoms with E-state index in [2.05, 4.69) is 15.5 Å². The number of aromatic nitrogens is 2. The predicted octanol–water partition coefficient (Wildman–Crippen LogP) is -0.580. The first kappa shape index (κ1) is 13.9. The Morgan fingerprint density at radius 1 is 1.48 bits per heavy atom. The van der Waals surface area contributed by atoms with Crippen LogP contribution in [0.15, 0.2) is 0 Å². The Balaban J connectivity index is 1.80. The average Bonchev–Trinajstić information content (AvgIpc) is 3.23. The van der Waals surface area contributed by atoms with Crippen LogP contribution in [0.2, 0.25) is 0 Å². The van der Waals surface area contributed by atoms with Crippen LogP contribution in [0.25, 0.3) is 0 Å². The zero-order chi connectivity index (χ0) is 15.0. The Labute approximate surface area is 122 Å². The number of anilines is 1. The van der Waals surface area contributed by atoms with E-state index in [0.717, 1.165) is 12.8 Å². The fourth-order valence-electron chi connectivity index (χ4n) is 2.45. The molecule has 1 saturated heterocycles. The van der Waals surface area contributed by atoms with Crippen molar-refractivity contribution in [1.82, 2.24) is 20.4 Å². The van der Waals surface area contributed by atoms with Gasteiger partial charge >= 0.3 is 0 Å². The summed E-state index contributed by atoms with van der Waals surface area (Å²) in [6, 6.07) is -0.363. The number of amides is 2. The highest BCUT2D eigenvalue weighted by Crippen LogP contribution is 2.22. The smallest absolute Gasteiger partial charge is 0.260 e. The number of hydrogen-bond acceptors (Lipinski definition) is 5. The molecule has 4 N–H and O–H groups in total. The van der Waals surface area contributed by atoms with Crippen molar-refractivity contribution in [2.24, 2.45) is 0 Å². The summed E-state index contributed by atoms with van der Waals surface area (Å²) in [5.74, 6) is -0.284. The minimum atomic E-state index is -0.611. The van der Waals surface area contributed by atoms with Crippen molar-refractivity contribution in [3.05, 3.63) is 11.3 Å². The Bertz CT molecular complexity index is 547. The summed E-state index contributed by atoms with van der Waals surface area (Å²) in [6.07, 6.45) is 2.00. The minimum absolute atomic E-state index is 0.158. The molecule has 0 spiro atoms. The zero-order valence-electron chi connectivity index (χ0n) is 11.9. The number of morpholine rings is 1. The number of ether oxygens (including phenoxy) is 1. The third-order valence-corrected chi connectivity index (χ3v) is 3.80. The van der Waals surface area contributed by atoms with Gasteiger partial charge in [-0.1, -0.05) is 0 Å². The van der Waals surface area contributed by atoms with Crippen LogP contribution in [-0.2, 0) is 9.53 Å². The molecule has 0 aromatic carbocycles. The molecule has 0 bridgehead atoms. The van der Waals surface area contributed by atoms with Crippen LogP contribution in [0.1, 0.15) is 28.9 Å². The highest BCUT2D eigenvalue weighted by molar-refractivity contribution is 6.01. The van der Waals surface area contributed by atoms with Crippen LogP contribution >= 0.6 is 0 Å². The van der Waals surface area contributed by atoms with Gasteiger partial charge in [0.2, 0.25) is 5.91 Å². The molecule has 114 valence electrons. The third-order valence-electron chi connectivity index (χ3n) is 3.80. The maximum absolute atomic E-state index is 12.7. The lowest BCUT2D eigenvalue weighted by molar-refractivity contribution is -0.130. The number of nitrogens with one attached hydrogen (secondary N) is 2. The molecule has 8 heteroatoms. The molecule has 2 fully saturated rings. The van der Waals surface area contributed by atoms with E-state index in [9.17, 15) is 9.59 Å². The Kier molecular flexibility index (Phi) is 3.54. The molecule has 2 aliphatic rings. The number of rotatable bonds is 3. The first-order valence-electron chi connectivity index (χ1n) is 7.07. The predicted molar refractivity (Wildman–Crippen MR) is 74.5 cm³/mol. The quantitative estimate of drug-likeness (QED) is 0.690. The van der Waals surface area contributed by atoms with Crippen molar-refractivity contribution in [1.29, 1.82) is 0 Å². The van der Waals surface area contributed by atoms with E-state index in [1.54, 1.807) is 6.92 Å². The molecule has 1 saturated carbocycles. The van der Waals surface area contributed by atoms with Crippen molar-refractivity contribution in [2.75, 3.05) is 25.5 Å². The van der Waals surface area contributed by atoms with Gasteiger partial charge in [-0.15, -0.1) is 0 Å². The fraction of sp³-hybridized carbons (Fsp3) is 0.615. The number of nitrogens with zero attached hydrogens (tertiary/aromatic N) is 2. The summed E-state index contributed by atoms with van der Waals surface area (Å²) in [7, 11) is 0. The number of aryl methyl sites for hydroxylation is 1. The molecule has 1 unspecified atom stereocenters. The Morgan fingerprint density at radius 3 is 2.86 bits per heavy atom. The number of H-pyrrole nitrogens is 1. The van der Waals surface area contributed by atoms with Crippen LogP contribution < -0.4 is 11.1 Å². The number of nitrogens with two attached hydrogens (primary N) is 1. The van der Waals surface area contributed by atoms with E-state index in [-0.39, 0.29) is 30.3 Å². The summed E-state index contributed by atoms with van der Waals surface area (Å²) in [5.41, 5.74) is 6.68. The van der Waals surface area contributed by atoms with E-state index in [1.165, 1.54) is 4.90 Å². The monoisotopic (exact) mass is 293 g/mol. The lowest BCUT2D eigenvalue weighted by atomic mass is 10.1. The standard InChI is InChI=1S/C13H19N5O3/c1-7-10(11(14)17-16-7)13(20)18-4-5-21-6-9(18)12(19)15-8-2-3-8/h8-9H,2-6H2,1H3,(H,15,19)(H3,14,16,17). The Hall–Kier alpha value is -2.09. The van der Waals surface area contributed by atoms with Gasteiger partial charge in [0, 0.05) is 18.3 Å². The van der Waals surface area contributed by atoms with E-state index in [1.807, 2.05) is 0 Å². The summed E-state index contributed by atoms with van der Waals surface area (Å²) < 4.78 is 5.35. The van der Waals surface area contributed by atoms with E-state index in [4.69, 9.17) is 10.5 Å². The first-order valence-corrected chi connectivity index (χ1v) is 7.07. The fourth-order valence-corrected chi connectivity index (χ4v) is 2.45. The normalized spacial score (nSPS) is 22.1. The number of nitrogen functional groups attached to an aromatic ring is 1. The van der Waals surface area contributed by atoms with Gasteiger partial charge in [0.05, 0.1) is 13.2 Å². The zero-order valence-corrected chi connectivity index (χ0v) is 11.9. The van der Waals surface area contributed by atoms with Crippen molar-refractivity contribution >= 4 is 17.6 Å². The van der Waals surface area contributed by atoms with Gasteiger partial charge in [0.25, 0.3) is 5.91 Å². The number of aromatic amines is 1. The second-order valence-electron chi connectivity index (χ2n) is 5.48. The molecule has 0 radical (unpaired) electrons. The second-order valence-corrected chi connectivity index (χ2v) is 5.48. The van der Waals surface area contributed by atoms with E-state index >= 15 is 0 Å². The maximum Gasteiger partial charge on any atom is 0.260 e. The molecule has 1 aliphatic carbocycles. The second kappa shape index (κ2) is 5.36. The molecule has 1 aromatic rings. The van der Waals surface area contributed by atoms with Gasteiger partial charge in [-0.05, 0) is 19.8 Å². The molecule has 1 aliphatic heterocycles. The molecule has 1 aromatic heterocycles. The van der Waals surface area contributed by atoms with Crippen molar-refractivity contribution < 1.29 is 14.3 Å². The summed E-state index contributed by atoms with van der Waals surface area (Å²) in [6.45, 7) is 2.72. The van der Waals surface area contributed by atoms with Gasteiger partial charge in [-0.3, -0.25) is 14.7 Å². The molecule has 8 nitrogen and oxygen atoms in total. The van der Waals surface area contributed by atoms with Crippen LogP contribution in [0.5, 0.6) is 0 Å². The highest BCUT2D eigenvalue weighted by Gasteiger charge is 2.37. The average molecular weight is 293 g/mol. The minimum Gasteiger partial charge on any atom is -0.382 e. The lowest BCUT2D eigenvalue weighted by Gasteiger charge is -2.34. The van der Waals surface area contributed by atoms with E-state index < -0.39 is 6.04 Å². The van der Waals surface area contributed by atoms with Gasteiger partial charge < -0.3 is 20.7 Å². The number of carbonyl (C=O) groups is 2. The molecular formula is C13H19N5O3. The lowest BCUT2D eigenvalue weighted by Crippen LogP contribution is -2.56. The van der Waals surface area contributed by atoms with Gasteiger partial charge in [-0.25, -0.2) is 0 Å². The molecule has 2 heterocycles. The molecule has 2 amide bonds. The number of carbonyl (C=O) groups excluding carboxylic acids is 2. The van der Waals surface area contributed by atoms with Gasteiger partial charge in [0.1, 0.15) is 11.6 Å². The topological polar surface area (TPSA) is 113 Å². The van der Waals surface area contributed by atoms with Crippen molar-refractivity contribution in [3.63, 3.8) is 0 Å². The largest absolute Gasteiger partial charge is 0.382 e. The van der Waals surface area contributed by atoms with E-state index in [0.29, 0.717) is 24.4 Å². The van der Waals surface area contributed by atoms with Gasteiger partial charge in [-0.2, -0.15) is 5.10 Å². The Morgan fingerprint density at radius 2 is 2.24 bits per heavy atom. The SMILES string of the molecule is Cc1[nH]nc(N)c1C(=O)N1CCOCC1C(=O)NC1CC1. The molecular weight excluding hydrogens is 274 g/mol. The molecule has 1 atom stereocenters. The van der Waals surface area contributed by atoms with Crippen LogP contribution in [0.3, 0.4) is 0 Å². The van der Waals surface area contributed by atoms with Crippen LogP contribution in [0.4, 0.5) is 5.82 Å². The third kappa shape index (κ3) is 2.71. The first-order chi connectivity index (χ1) is 10.1.